The van der Waals surface area contributed by atoms with Crippen LogP contribution in [0.2, 0.25) is 0 Å². The zero-order valence-electron chi connectivity index (χ0n) is 15.1. The summed E-state index contributed by atoms with van der Waals surface area (Å²) in [6.45, 7) is 4.89. The molecule has 0 aromatic heterocycles. The van der Waals surface area contributed by atoms with E-state index in [1.165, 1.54) is 70.6 Å². The van der Waals surface area contributed by atoms with Crippen LogP contribution in [0.1, 0.15) is 84.5 Å². The van der Waals surface area contributed by atoms with Crippen LogP contribution in [-0.2, 0) is 0 Å². The van der Waals surface area contributed by atoms with Crippen LogP contribution in [0.5, 0.6) is 0 Å². The van der Waals surface area contributed by atoms with Gasteiger partial charge in [0.25, 0.3) is 0 Å². The fraction of sp³-hybridized carbons (Fsp3) is 0.652. The maximum Gasteiger partial charge on any atom is 0.0133 e. The molecule has 1 unspecified atom stereocenters. The lowest BCUT2D eigenvalue weighted by Crippen LogP contribution is -2.30. The van der Waals surface area contributed by atoms with Crippen molar-refractivity contribution in [1.82, 2.24) is 0 Å². The highest BCUT2D eigenvalue weighted by molar-refractivity contribution is 5.52. The largest absolute Gasteiger partial charge is 0.0769 e. The average molecular weight is 309 g/mol. The van der Waals surface area contributed by atoms with Crippen LogP contribution in [0, 0.1) is 11.3 Å². The normalized spacial score (nSPS) is 27.4. The van der Waals surface area contributed by atoms with Crippen molar-refractivity contribution < 1.29 is 0 Å². The molecule has 1 atom stereocenters. The second-order valence-electron chi connectivity index (χ2n) is 8.05. The summed E-state index contributed by atoms with van der Waals surface area (Å²) in [5.41, 5.74) is 9.21. The van der Waals surface area contributed by atoms with E-state index in [-0.39, 0.29) is 0 Å². The minimum atomic E-state index is 0.352. The molecule has 0 radical (unpaired) electrons. The molecule has 2 fully saturated rings. The van der Waals surface area contributed by atoms with Crippen molar-refractivity contribution in [3.8, 4) is 0 Å². The Morgan fingerprint density at radius 2 is 1.74 bits per heavy atom. The minimum Gasteiger partial charge on any atom is -0.0769 e. The van der Waals surface area contributed by atoms with Gasteiger partial charge >= 0.3 is 0 Å². The van der Waals surface area contributed by atoms with Crippen molar-refractivity contribution in [2.75, 3.05) is 0 Å². The van der Waals surface area contributed by atoms with Crippen LogP contribution in [0.4, 0.5) is 0 Å². The van der Waals surface area contributed by atoms with Crippen LogP contribution >= 0.6 is 0 Å². The molecule has 4 rings (SSSR count). The Morgan fingerprint density at radius 1 is 0.957 bits per heavy atom. The van der Waals surface area contributed by atoms with Gasteiger partial charge in [0.05, 0.1) is 0 Å². The van der Waals surface area contributed by atoms with Gasteiger partial charge in [0.15, 0.2) is 0 Å². The van der Waals surface area contributed by atoms with E-state index in [9.17, 15) is 0 Å². The number of rotatable bonds is 4. The van der Waals surface area contributed by atoms with Gasteiger partial charge in [-0.05, 0) is 75.4 Å². The predicted octanol–water partition coefficient (Wildman–Crippen LogP) is 7.05. The van der Waals surface area contributed by atoms with E-state index in [2.05, 4.69) is 32.1 Å². The van der Waals surface area contributed by atoms with Crippen LogP contribution < -0.4 is 0 Å². The van der Waals surface area contributed by atoms with E-state index < -0.39 is 0 Å². The molecule has 0 N–H and O–H groups in total. The van der Waals surface area contributed by atoms with Gasteiger partial charge in [-0.3, -0.25) is 0 Å². The summed E-state index contributed by atoms with van der Waals surface area (Å²) in [4.78, 5) is 0. The molecule has 0 aromatic rings. The van der Waals surface area contributed by atoms with E-state index >= 15 is 0 Å². The quantitative estimate of drug-likeness (QED) is 0.522. The zero-order valence-corrected chi connectivity index (χ0v) is 15.1. The molecule has 4 aliphatic carbocycles. The van der Waals surface area contributed by atoms with Crippen LogP contribution in [-0.4, -0.2) is 0 Å². The molecule has 2 saturated carbocycles. The number of fused-ring (bicyclic) bond motifs is 2. The Bertz CT molecular complexity index is 604. The maximum absolute atomic E-state index is 2.58. The summed E-state index contributed by atoms with van der Waals surface area (Å²) >= 11 is 0. The molecular formula is C23H32. The second kappa shape index (κ2) is 6.11. The van der Waals surface area contributed by atoms with Gasteiger partial charge < -0.3 is 0 Å². The van der Waals surface area contributed by atoms with Gasteiger partial charge in [-0.25, -0.2) is 0 Å². The molecule has 4 aliphatic rings. The van der Waals surface area contributed by atoms with Gasteiger partial charge in [0.1, 0.15) is 0 Å². The Labute approximate surface area is 142 Å². The monoisotopic (exact) mass is 308 g/mol. The first kappa shape index (κ1) is 15.5. The number of allylic oxidation sites excluding steroid dienone is 8. The van der Waals surface area contributed by atoms with Crippen molar-refractivity contribution in [2.45, 2.75) is 84.5 Å². The maximum atomic E-state index is 2.58. The van der Waals surface area contributed by atoms with E-state index in [4.69, 9.17) is 0 Å². The molecule has 0 heteroatoms. The number of hydrogen-bond donors (Lipinski definition) is 0. The van der Waals surface area contributed by atoms with Crippen LogP contribution in [0.15, 0.2) is 46.1 Å². The van der Waals surface area contributed by atoms with Crippen LogP contribution in [0.3, 0.4) is 0 Å². The van der Waals surface area contributed by atoms with Gasteiger partial charge in [0.2, 0.25) is 0 Å². The molecule has 0 aromatic carbocycles. The summed E-state index contributed by atoms with van der Waals surface area (Å²) in [5, 5.41) is 0. The highest BCUT2D eigenvalue weighted by Gasteiger charge is 2.43. The fourth-order valence-corrected chi connectivity index (χ4v) is 5.99. The van der Waals surface area contributed by atoms with Crippen molar-refractivity contribution in [3.63, 3.8) is 0 Å². The lowest BCUT2D eigenvalue weighted by atomic mass is 9.62. The Hall–Kier alpha value is -1.04. The van der Waals surface area contributed by atoms with E-state index in [1.807, 2.05) is 5.57 Å². The highest BCUT2D eigenvalue weighted by Crippen LogP contribution is 2.56. The third kappa shape index (κ3) is 2.32. The standard InChI is InChI=1S/C23H32/c1-3-23(4-2,21-15-13-17-9-5-7-11-19(17)21)22-16-14-18-10-6-8-12-20(18)22/h13-15,19H,3-12,16H2,1-2H3. The summed E-state index contributed by atoms with van der Waals surface area (Å²) in [7, 11) is 0. The molecule has 124 valence electrons. The lowest BCUT2D eigenvalue weighted by molar-refractivity contribution is 0.338. The molecule has 0 nitrogen and oxygen atoms in total. The second-order valence-corrected chi connectivity index (χ2v) is 8.05. The van der Waals surface area contributed by atoms with Gasteiger partial charge in [-0.1, -0.05) is 55.2 Å². The molecule has 0 amide bonds. The van der Waals surface area contributed by atoms with Gasteiger partial charge in [-0.2, -0.15) is 0 Å². The minimum absolute atomic E-state index is 0.352. The Kier molecular flexibility index (Phi) is 4.12. The van der Waals surface area contributed by atoms with Crippen LogP contribution in [0.25, 0.3) is 0 Å². The first-order valence-corrected chi connectivity index (χ1v) is 10.1. The molecule has 0 spiro atoms. The molecule has 0 heterocycles. The third-order valence-electron chi connectivity index (χ3n) is 7.27. The molecule has 0 aliphatic heterocycles. The molecular weight excluding hydrogens is 276 g/mol. The van der Waals surface area contributed by atoms with Gasteiger partial charge in [-0.15, -0.1) is 0 Å². The summed E-state index contributed by atoms with van der Waals surface area (Å²) in [6.07, 6.45) is 22.5. The average Bonchev–Trinajstić information content (AvgIpc) is 3.23. The van der Waals surface area contributed by atoms with E-state index in [0.717, 1.165) is 5.92 Å². The fourth-order valence-electron chi connectivity index (χ4n) is 5.99. The van der Waals surface area contributed by atoms with Crippen molar-refractivity contribution >= 4 is 0 Å². The van der Waals surface area contributed by atoms with Crippen molar-refractivity contribution in [1.29, 1.82) is 0 Å². The van der Waals surface area contributed by atoms with E-state index in [0.29, 0.717) is 5.41 Å². The molecule has 0 saturated heterocycles. The lowest BCUT2D eigenvalue weighted by Gasteiger charge is -2.41. The Morgan fingerprint density at radius 3 is 2.57 bits per heavy atom. The summed E-state index contributed by atoms with van der Waals surface area (Å²) in [6, 6.07) is 0. The predicted molar refractivity (Wildman–Crippen MR) is 99.3 cm³/mol. The summed E-state index contributed by atoms with van der Waals surface area (Å²) < 4.78 is 0. The molecule has 23 heavy (non-hydrogen) atoms. The first-order valence-electron chi connectivity index (χ1n) is 10.1. The number of hydrogen-bond acceptors (Lipinski definition) is 0. The Balaban J connectivity index is 1.73. The zero-order chi connectivity index (χ0) is 15.9. The highest BCUT2D eigenvalue weighted by atomic mass is 14.5. The first-order chi connectivity index (χ1) is 11.3. The smallest absolute Gasteiger partial charge is 0.0133 e. The topological polar surface area (TPSA) is 0 Å². The molecule has 0 bridgehead atoms. The summed E-state index contributed by atoms with van der Waals surface area (Å²) in [5.74, 6) is 0.782. The van der Waals surface area contributed by atoms with Crippen molar-refractivity contribution in [2.24, 2.45) is 11.3 Å². The van der Waals surface area contributed by atoms with Crippen molar-refractivity contribution in [3.05, 3.63) is 46.1 Å². The SMILES string of the molecule is CCC(CC)(C1=CC=C2CCCCC21)C1=C2CCCCC2=CC1. The van der Waals surface area contributed by atoms with E-state index in [1.54, 1.807) is 22.3 Å². The third-order valence-corrected chi connectivity index (χ3v) is 7.27. The van der Waals surface area contributed by atoms with Gasteiger partial charge in [0, 0.05) is 11.3 Å².